The third-order valence-electron chi connectivity index (χ3n) is 12.4. The SMILES string of the molecule is COc1cc(-n2cnc(Nc3nc(Cl)nc4cc(C#N)ccc34)c2)cc(OC)c1OC.COc1cc(-n2cnc(Nc3nc(N4CCC[C@H]4CO)nc4cc(C#N)ccc34)c2)cc(OC)c1OC.OC[C@@H]1CCCN1. The Hall–Kier alpha value is -8.67. The molecule has 23 heteroatoms. The van der Waals surface area contributed by atoms with Gasteiger partial charge in [-0.15, -0.1) is 0 Å². The number of imidazole rings is 2. The Morgan fingerprint density at radius 2 is 1.15 bits per heavy atom. The second kappa shape index (κ2) is 24.4. The standard InChI is InChI=1S/C26H27N7O4.C21H17ClN6O3.C5H11NO/c1-35-21-10-18(11-22(36-2)24(21)37-3)32-13-23(28-15-32)30-25-19-7-6-16(12-27)9-20(19)29-26(31-25)33-8-4-5-17(33)14-34;1-29-16-7-13(8-17(30-2)19(16)31-3)28-10-18(24-11-28)26-20-14-5-4-12(9-23)6-15(14)25-21(22)27-20;7-4-5-2-1-3-6-5/h6-7,9-11,13,15,17,34H,4-5,8,14H2,1-3H3,(H,29,30,31);4-8,10-11H,1-3H3,(H,25,26,27);5-7H,1-4H2/t17-;;5-/m0.0/s1. The molecule has 2 fully saturated rings. The van der Waals surface area contributed by atoms with Crippen molar-refractivity contribution in [3.05, 3.63) is 102 Å². The number of nitrogens with one attached hydrogen (secondary N) is 3. The topological polar surface area (TPSA) is 270 Å². The van der Waals surface area contributed by atoms with Gasteiger partial charge in [-0.1, -0.05) is 0 Å². The molecule has 0 saturated carbocycles. The first-order chi connectivity index (χ1) is 36.6. The van der Waals surface area contributed by atoms with E-state index in [1.807, 2.05) is 46.0 Å². The predicted molar refractivity (Wildman–Crippen MR) is 282 cm³/mol. The first-order valence-corrected chi connectivity index (χ1v) is 24.0. The van der Waals surface area contributed by atoms with Gasteiger partial charge in [0.2, 0.25) is 22.7 Å². The molecule has 388 valence electrons. The normalized spacial score (nSPS) is 14.7. The van der Waals surface area contributed by atoms with Crippen molar-refractivity contribution in [3.63, 3.8) is 0 Å². The van der Waals surface area contributed by atoms with E-state index in [2.05, 4.69) is 48.0 Å². The number of rotatable bonds is 15. The number of hydrogen-bond donors (Lipinski definition) is 5. The van der Waals surface area contributed by atoms with Gasteiger partial charge in [0.25, 0.3) is 0 Å². The molecule has 0 bridgehead atoms. The van der Waals surface area contributed by atoms with Crippen LogP contribution < -0.4 is 49.3 Å². The number of nitrogens with zero attached hydrogens (tertiary/aromatic N) is 11. The maximum absolute atomic E-state index is 9.82. The molecular formula is C52H55ClN14O8. The van der Waals surface area contributed by atoms with Crippen LogP contribution in [0.25, 0.3) is 33.2 Å². The molecule has 10 rings (SSSR count). The van der Waals surface area contributed by atoms with Crippen LogP contribution in [-0.2, 0) is 0 Å². The Labute approximate surface area is 437 Å². The lowest BCUT2D eigenvalue weighted by Crippen LogP contribution is -2.33. The zero-order valence-corrected chi connectivity index (χ0v) is 42.8. The van der Waals surface area contributed by atoms with Crippen molar-refractivity contribution in [2.45, 2.75) is 37.8 Å². The molecular weight excluding hydrogens is 984 g/mol. The summed E-state index contributed by atoms with van der Waals surface area (Å²) in [6, 6.07) is 22.3. The average Bonchev–Trinajstić information content (AvgIpc) is 4.31. The number of halogens is 1. The number of aromatic nitrogens is 8. The van der Waals surface area contributed by atoms with Gasteiger partial charge in [0.15, 0.2) is 23.0 Å². The number of anilines is 5. The minimum Gasteiger partial charge on any atom is -0.493 e. The lowest BCUT2D eigenvalue weighted by molar-refractivity contribution is 0.255. The number of methoxy groups -OCH3 is 6. The summed E-state index contributed by atoms with van der Waals surface area (Å²) in [6.45, 7) is 2.18. The van der Waals surface area contributed by atoms with Gasteiger partial charge in [-0.2, -0.15) is 20.5 Å². The van der Waals surface area contributed by atoms with E-state index in [1.165, 1.54) is 6.42 Å². The first-order valence-electron chi connectivity index (χ1n) is 23.6. The molecule has 0 amide bonds. The van der Waals surface area contributed by atoms with Crippen molar-refractivity contribution in [1.82, 2.24) is 44.4 Å². The molecule has 0 radical (unpaired) electrons. The third kappa shape index (κ3) is 11.9. The van der Waals surface area contributed by atoms with E-state index >= 15 is 0 Å². The Kier molecular flexibility index (Phi) is 17.1. The molecule has 5 N–H and O–H groups in total. The van der Waals surface area contributed by atoms with Gasteiger partial charge in [0, 0.05) is 47.6 Å². The van der Waals surface area contributed by atoms with Gasteiger partial charge in [0.1, 0.15) is 35.9 Å². The highest BCUT2D eigenvalue weighted by molar-refractivity contribution is 6.28. The summed E-state index contributed by atoms with van der Waals surface area (Å²) in [4.78, 5) is 28.9. The largest absolute Gasteiger partial charge is 0.493 e. The van der Waals surface area contributed by atoms with Crippen LogP contribution in [0.4, 0.5) is 29.2 Å². The van der Waals surface area contributed by atoms with Gasteiger partial charge in [-0.25, -0.2) is 19.9 Å². The van der Waals surface area contributed by atoms with Crippen molar-refractivity contribution in [2.75, 3.05) is 84.5 Å². The third-order valence-corrected chi connectivity index (χ3v) is 12.6. The molecule has 22 nitrogen and oxygen atoms in total. The summed E-state index contributed by atoms with van der Waals surface area (Å²) in [6.07, 6.45) is 11.1. The number of nitriles is 2. The molecule has 0 unspecified atom stereocenters. The average molecular weight is 1040 g/mol. The number of fused-ring (bicyclic) bond motifs is 2. The highest BCUT2D eigenvalue weighted by atomic mass is 35.5. The van der Waals surface area contributed by atoms with Gasteiger partial charge < -0.3 is 68.6 Å². The predicted octanol–water partition coefficient (Wildman–Crippen LogP) is 7.26. The Morgan fingerprint density at radius 3 is 1.57 bits per heavy atom. The van der Waals surface area contributed by atoms with E-state index in [0.29, 0.717) is 104 Å². The molecule has 8 aromatic rings. The minimum atomic E-state index is -0.0382. The molecule has 4 aromatic carbocycles. The van der Waals surface area contributed by atoms with Gasteiger partial charge in [0.05, 0.1) is 120 Å². The van der Waals surface area contributed by atoms with Crippen LogP contribution in [0.1, 0.15) is 36.8 Å². The highest BCUT2D eigenvalue weighted by Crippen LogP contribution is 2.41. The number of aliphatic hydroxyl groups is 2. The second-order valence-corrected chi connectivity index (χ2v) is 17.2. The van der Waals surface area contributed by atoms with E-state index in [-0.39, 0.29) is 17.9 Å². The zero-order chi connectivity index (χ0) is 53.0. The Balaban J connectivity index is 0.000000178. The van der Waals surface area contributed by atoms with Crippen LogP contribution in [0.5, 0.6) is 34.5 Å². The molecule has 2 aliphatic heterocycles. The summed E-state index contributed by atoms with van der Waals surface area (Å²) in [5.41, 5.74) is 3.73. The minimum absolute atomic E-state index is 0.0294. The summed E-state index contributed by atoms with van der Waals surface area (Å²) in [5, 5.41) is 48.0. The lowest BCUT2D eigenvalue weighted by atomic mass is 10.1. The summed E-state index contributed by atoms with van der Waals surface area (Å²) < 4.78 is 36.2. The van der Waals surface area contributed by atoms with Crippen LogP contribution in [0.2, 0.25) is 5.28 Å². The summed E-state index contributed by atoms with van der Waals surface area (Å²) in [7, 11) is 9.37. The van der Waals surface area contributed by atoms with Gasteiger partial charge in [-0.3, -0.25) is 0 Å². The second-order valence-electron chi connectivity index (χ2n) is 16.9. The van der Waals surface area contributed by atoms with E-state index in [1.54, 1.807) is 96.4 Å². The van der Waals surface area contributed by atoms with Crippen molar-refractivity contribution in [3.8, 4) is 58.0 Å². The highest BCUT2D eigenvalue weighted by Gasteiger charge is 2.27. The molecule has 2 saturated heterocycles. The molecule has 2 aliphatic rings. The van der Waals surface area contributed by atoms with Crippen LogP contribution in [-0.4, -0.2) is 130 Å². The molecule has 0 aliphatic carbocycles. The summed E-state index contributed by atoms with van der Waals surface area (Å²) >= 11 is 6.07. The molecule has 2 atom stereocenters. The smallest absolute Gasteiger partial charge is 0.228 e. The summed E-state index contributed by atoms with van der Waals surface area (Å²) in [5.74, 6) is 5.77. The fourth-order valence-electron chi connectivity index (χ4n) is 8.61. The van der Waals surface area contributed by atoms with Crippen molar-refractivity contribution >= 4 is 62.6 Å². The number of aliphatic hydroxyl groups excluding tert-OH is 2. The Morgan fingerprint density at radius 1 is 0.640 bits per heavy atom. The van der Waals surface area contributed by atoms with Crippen molar-refractivity contribution in [2.24, 2.45) is 0 Å². The zero-order valence-electron chi connectivity index (χ0n) is 42.0. The fraction of sp³-hybridized carbons (Fsp3) is 0.308. The maximum atomic E-state index is 9.82. The monoisotopic (exact) mass is 1040 g/mol. The van der Waals surface area contributed by atoms with Crippen LogP contribution in [0.3, 0.4) is 0 Å². The Bertz CT molecular complexity index is 3320. The molecule has 0 spiro atoms. The maximum Gasteiger partial charge on any atom is 0.228 e. The molecule has 6 heterocycles. The number of benzene rings is 4. The van der Waals surface area contributed by atoms with E-state index < -0.39 is 0 Å². The van der Waals surface area contributed by atoms with E-state index in [0.717, 1.165) is 49.1 Å². The van der Waals surface area contributed by atoms with Crippen LogP contribution in [0, 0.1) is 22.7 Å². The fourth-order valence-corrected chi connectivity index (χ4v) is 8.79. The quantitative estimate of drug-likeness (QED) is 0.0632. The van der Waals surface area contributed by atoms with Crippen molar-refractivity contribution < 1.29 is 38.6 Å². The van der Waals surface area contributed by atoms with Crippen LogP contribution >= 0.6 is 11.6 Å². The van der Waals surface area contributed by atoms with Gasteiger partial charge in [-0.05, 0) is 80.2 Å². The van der Waals surface area contributed by atoms with E-state index in [9.17, 15) is 10.4 Å². The number of ether oxygens (including phenoxy) is 6. The van der Waals surface area contributed by atoms with E-state index in [4.69, 9.17) is 60.4 Å². The first kappa shape index (κ1) is 52.6. The van der Waals surface area contributed by atoms with Crippen molar-refractivity contribution in [1.29, 1.82) is 10.5 Å². The van der Waals surface area contributed by atoms with Gasteiger partial charge >= 0.3 is 0 Å². The molecule has 75 heavy (non-hydrogen) atoms. The number of hydrogen-bond acceptors (Lipinski definition) is 20. The molecule has 4 aromatic heterocycles. The van der Waals surface area contributed by atoms with Crippen LogP contribution in [0.15, 0.2) is 85.7 Å². The lowest BCUT2D eigenvalue weighted by Gasteiger charge is -2.24.